The first-order valence-corrected chi connectivity index (χ1v) is 6.55. The number of carbonyl (C=O) groups excluding carboxylic acids is 1. The Hall–Kier alpha value is -0.680. The van der Waals surface area contributed by atoms with E-state index in [1.54, 1.807) is 18.2 Å². The van der Waals surface area contributed by atoms with E-state index in [1.807, 2.05) is 0 Å². The minimum absolute atomic E-state index is 0.0102. The molecular weight excluding hydrogens is 340 g/mol. The van der Waals surface area contributed by atoms with Gasteiger partial charge in [0.05, 0.1) is 6.42 Å². The van der Waals surface area contributed by atoms with Crippen LogP contribution in [0.25, 0.3) is 0 Å². The van der Waals surface area contributed by atoms with Crippen molar-refractivity contribution in [3.8, 4) is 0 Å². The Labute approximate surface area is 110 Å². The molecule has 3 nitrogen and oxygen atoms in total. The van der Waals surface area contributed by atoms with Crippen molar-refractivity contribution in [1.82, 2.24) is 0 Å². The molecule has 86 valence electrons. The fourth-order valence-electron chi connectivity index (χ4n) is 1.28. The molecule has 0 radical (unpaired) electrons. The minimum Gasteiger partial charge on any atom is -0.481 e. The molecule has 16 heavy (non-hydrogen) atoms. The zero-order valence-corrected chi connectivity index (χ0v) is 11.5. The summed E-state index contributed by atoms with van der Waals surface area (Å²) < 4.78 is 0.713. The molecule has 0 amide bonds. The molecule has 1 N–H and O–H groups in total. The molecule has 0 heterocycles. The topological polar surface area (TPSA) is 54.4 Å². The maximum atomic E-state index is 11.6. The smallest absolute Gasteiger partial charge is 0.307 e. The Bertz CT molecular complexity index is 416. The number of aliphatic carboxylic acids is 1. The molecule has 0 bridgehead atoms. The van der Waals surface area contributed by atoms with E-state index in [1.165, 1.54) is 0 Å². The normalized spacial score (nSPS) is 10.1. The van der Waals surface area contributed by atoms with Gasteiger partial charge in [0.1, 0.15) is 0 Å². The third-order valence-corrected chi connectivity index (χ3v) is 3.20. The van der Waals surface area contributed by atoms with Crippen LogP contribution in [-0.4, -0.2) is 22.2 Å². The summed E-state index contributed by atoms with van der Waals surface area (Å²) in [7, 11) is 0. The number of carbonyl (C=O) groups is 2. The zero-order valence-electron chi connectivity index (χ0n) is 8.37. The predicted molar refractivity (Wildman–Crippen MR) is 68.2 cm³/mol. The van der Waals surface area contributed by atoms with Gasteiger partial charge < -0.3 is 5.11 Å². The van der Waals surface area contributed by atoms with E-state index in [2.05, 4.69) is 31.9 Å². The average molecular weight is 350 g/mol. The van der Waals surface area contributed by atoms with Crippen LogP contribution in [0.1, 0.15) is 22.3 Å². The van der Waals surface area contributed by atoms with E-state index >= 15 is 0 Å². The Kier molecular flexibility index (Phi) is 5.15. The number of rotatable bonds is 5. The van der Waals surface area contributed by atoms with Gasteiger partial charge in [-0.15, -0.1) is 0 Å². The minimum atomic E-state index is -0.911. The second-order valence-corrected chi connectivity index (χ2v) is 4.89. The van der Waals surface area contributed by atoms with Crippen LogP contribution in [0.5, 0.6) is 0 Å². The molecule has 0 aliphatic heterocycles. The highest BCUT2D eigenvalue weighted by molar-refractivity contribution is 9.10. The number of halogens is 2. The molecule has 0 spiro atoms. The summed E-state index contributed by atoms with van der Waals surface area (Å²) >= 11 is 6.46. The van der Waals surface area contributed by atoms with Crippen LogP contribution in [0.2, 0.25) is 0 Å². The SMILES string of the molecule is O=C(O)Cc1cc(C(=O)CCBr)ccc1Br. The largest absolute Gasteiger partial charge is 0.481 e. The van der Waals surface area contributed by atoms with Crippen molar-refractivity contribution >= 4 is 43.6 Å². The van der Waals surface area contributed by atoms with E-state index < -0.39 is 5.97 Å². The van der Waals surface area contributed by atoms with E-state index in [0.29, 0.717) is 27.4 Å². The third-order valence-electron chi connectivity index (χ3n) is 2.03. The lowest BCUT2D eigenvalue weighted by Crippen LogP contribution is -2.04. The van der Waals surface area contributed by atoms with Crippen LogP contribution in [0.4, 0.5) is 0 Å². The molecule has 0 fully saturated rings. The summed E-state index contributed by atoms with van der Waals surface area (Å²) in [5, 5.41) is 9.32. The van der Waals surface area contributed by atoms with Crippen molar-refractivity contribution in [2.24, 2.45) is 0 Å². The molecule has 0 saturated carbocycles. The maximum Gasteiger partial charge on any atom is 0.307 e. The third kappa shape index (κ3) is 3.72. The summed E-state index contributed by atoms with van der Waals surface area (Å²) in [5.74, 6) is -0.901. The number of hydrogen-bond acceptors (Lipinski definition) is 2. The summed E-state index contributed by atoms with van der Waals surface area (Å²) in [4.78, 5) is 22.2. The van der Waals surface area contributed by atoms with Crippen LogP contribution in [0.15, 0.2) is 22.7 Å². The number of carboxylic acids is 1. The summed E-state index contributed by atoms with van der Waals surface area (Å²) in [5.41, 5.74) is 1.17. The molecule has 0 unspecified atom stereocenters. The van der Waals surface area contributed by atoms with Gasteiger partial charge in [-0.25, -0.2) is 0 Å². The average Bonchev–Trinajstić information content (AvgIpc) is 2.21. The highest BCUT2D eigenvalue weighted by Gasteiger charge is 2.10. The first-order valence-electron chi connectivity index (χ1n) is 4.64. The first kappa shape index (κ1) is 13.4. The molecule has 1 rings (SSSR count). The van der Waals surface area contributed by atoms with Gasteiger partial charge in [0.2, 0.25) is 0 Å². The number of benzene rings is 1. The molecule has 0 atom stereocenters. The van der Waals surface area contributed by atoms with Crippen LogP contribution < -0.4 is 0 Å². The van der Waals surface area contributed by atoms with E-state index in [0.717, 1.165) is 0 Å². The fraction of sp³-hybridized carbons (Fsp3) is 0.273. The first-order chi connectivity index (χ1) is 7.54. The van der Waals surface area contributed by atoms with Crippen LogP contribution in [0, 0.1) is 0 Å². The van der Waals surface area contributed by atoms with Crippen molar-refractivity contribution < 1.29 is 14.7 Å². The molecular formula is C11H10Br2O3. The van der Waals surface area contributed by atoms with Crippen molar-refractivity contribution in [1.29, 1.82) is 0 Å². The van der Waals surface area contributed by atoms with E-state index in [-0.39, 0.29) is 12.2 Å². The predicted octanol–water partition coefficient (Wildman–Crippen LogP) is 3.04. The lowest BCUT2D eigenvalue weighted by molar-refractivity contribution is -0.136. The van der Waals surface area contributed by atoms with Crippen molar-refractivity contribution in [2.75, 3.05) is 5.33 Å². The Balaban J connectivity index is 2.97. The monoisotopic (exact) mass is 348 g/mol. The second-order valence-electron chi connectivity index (χ2n) is 3.24. The van der Waals surface area contributed by atoms with Crippen molar-refractivity contribution in [3.63, 3.8) is 0 Å². The van der Waals surface area contributed by atoms with Gasteiger partial charge in [-0.05, 0) is 17.7 Å². The highest BCUT2D eigenvalue weighted by Crippen LogP contribution is 2.20. The van der Waals surface area contributed by atoms with Crippen molar-refractivity contribution in [3.05, 3.63) is 33.8 Å². The molecule has 1 aromatic rings. The van der Waals surface area contributed by atoms with E-state index in [9.17, 15) is 9.59 Å². The van der Waals surface area contributed by atoms with Gasteiger partial charge in [-0.3, -0.25) is 9.59 Å². The van der Waals surface area contributed by atoms with Crippen LogP contribution in [-0.2, 0) is 11.2 Å². The number of hydrogen-bond donors (Lipinski definition) is 1. The lowest BCUT2D eigenvalue weighted by Gasteiger charge is -2.04. The maximum absolute atomic E-state index is 11.6. The zero-order chi connectivity index (χ0) is 12.1. The Morgan fingerprint density at radius 3 is 2.56 bits per heavy atom. The van der Waals surface area contributed by atoms with E-state index in [4.69, 9.17) is 5.11 Å². The molecule has 0 aliphatic carbocycles. The second kappa shape index (κ2) is 6.15. The van der Waals surface area contributed by atoms with Gasteiger partial charge in [0, 0.05) is 21.8 Å². The number of Topliss-reactive ketones (excluding diaryl/α,β-unsaturated/α-hetero) is 1. The Morgan fingerprint density at radius 2 is 2.00 bits per heavy atom. The Morgan fingerprint density at radius 1 is 1.31 bits per heavy atom. The van der Waals surface area contributed by atoms with Gasteiger partial charge in [-0.1, -0.05) is 37.9 Å². The molecule has 0 aliphatic rings. The molecule has 0 aromatic heterocycles. The van der Waals surface area contributed by atoms with Crippen molar-refractivity contribution in [2.45, 2.75) is 12.8 Å². The molecule has 5 heteroatoms. The van der Waals surface area contributed by atoms with Gasteiger partial charge in [0.25, 0.3) is 0 Å². The summed E-state index contributed by atoms with van der Waals surface area (Å²) in [6.45, 7) is 0. The highest BCUT2D eigenvalue weighted by atomic mass is 79.9. The summed E-state index contributed by atoms with van der Waals surface area (Å²) in [6.07, 6.45) is 0.324. The molecule has 0 saturated heterocycles. The lowest BCUT2D eigenvalue weighted by atomic mass is 10.0. The number of alkyl halides is 1. The van der Waals surface area contributed by atoms with Crippen LogP contribution in [0.3, 0.4) is 0 Å². The number of carboxylic acid groups (broad SMARTS) is 1. The van der Waals surface area contributed by atoms with Gasteiger partial charge in [0.15, 0.2) is 5.78 Å². The van der Waals surface area contributed by atoms with Gasteiger partial charge in [-0.2, -0.15) is 0 Å². The quantitative estimate of drug-likeness (QED) is 0.656. The molecule has 1 aromatic carbocycles. The standard InChI is InChI=1S/C11H10Br2O3/c12-4-3-10(14)7-1-2-9(13)8(5-7)6-11(15)16/h1-2,5H,3-4,6H2,(H,15,16). The summed E-state index contributed by atoms with van der Waals surface area (Å²) in [6, 6.07) is 5.03. The number of ketones is 1. The van der Waals surface area contributed by atoms with Gasteiger partial charge >= 0.3 is 5.97 Å². The van der Waals surface area contributed by atoms with Crippen LogP contribution >= 0.6 is 31.9 Å². The fourth-order valence-corrected chi connectivity index (χ4v) is 2.02.